The standard InChI is InChI=1S/C16H22N4O2/c1-10-8-15(22-18-10)14-6-5-7-20(14)16(21)9-13-11(2)17-19(4)12(13)3/h8,14H,5-7,9H2,1-4H3/t14-/m0/s1. The van der Waals surface area contributed by atoms with Crippen LogP contribution in [0, 0.1) is 20.8 Å². The van der Waals surface area contributed by atoms with E-state index in [-0.39, 0.29) is 11.9 Å². The highest BCUT2D eigenvalue weighted by molar-refractivity contribution is 5.80. The van der Waals surface area contributed by atoms with Crippen LogP contribution in [-0.2, 0) is 18.3 Å². The molecule has 1 atom stereocenters. The van der Waals surface area contributed by atoms with E-state index in [0.717, 1.165) is 47.8 Å². The maximum Gasteiger partial charge on any atom is 0.227 e. The predicted octanol–water partition coefficient (Wildman–Crippen LogP) is 2.24. The van der Waals surface area contributed by atoms with Crippen LogP contribution in [0.2, 0.25) is 0 Å². The van der Waals surface area contributed by atoms with Crippen molar-refractivity contribution in [2.75, 3.05) is 6.54 Å². The third kappa shape index (κ3) is 2.53. The fraction of sp³-hybridized carbons (Fsp3) is 0.562. The van der Waals surface area contributed by atoms with Crippen molar-refractivity contribution >= 4 is 5.91 Å². The van der Waals surface area contributed by atoms with E-state index in [4.69, 9.17) is 4.52 Å². The summed E-state index contributed by atoms with van der Waals surface area (Å²) in [4.78, 5) is 14.7. The van der Waals surface area contributed by atoms with Gasteiger partial charge in [-0.2, -0.15) is 5.10 Å². The molecular formula is C16H22N4O2. The molecule has 118 valence electrons. The van der Waals surface area contributed by atoms with E-state index in [0.29, 0.717) is 6.42 Å². The normalized spacial score (nSPS) is 18.2. The summed E-state index contributed by atoms with van der Waals surface area (Å²) < 4.78 is 7.20. The Kier molecular flexibility index (Phi) is 3.76. The first-order valence-electron chi connectivity index (χ1n) is 7.69. The van der Waals surface area contributed by atoms with E-state index in [1.807, 2.05) is 43.5 Å². The largest absolute Gasteiger partial charge is 0.359 e. The van der Waals surface area contributed by atoms with Crippen LogP contribution >= 0.6 is 0 Å². The van der Waals surface area contributed by atoms with Crippen LogP contribution in [0.3, 0.4) is 0 Å². The number of rotatable bonds is 3. The van der Waals surface area contributed by atoms with Gasteiger partial charge in [0.05, 0.1) is 23.9 Å². The number of likely N-dealkylation sites (tertiary alicyclic amines) is 1. The minimum Gasteiger partial charge on any atom is -0.359 e. The Bertz CT molecular complexity index is 701. The van der Waals surface area contributed by atoms with Gasteiger partial charge in [0.25, 0.3) is 0 Å². The molecule has 0 spiro atoms. The van der Waals surface area contributed by atoms with E-state index in [1.54, 1.807) is 0 Å². The molecule has 22 heavy (non-hydrogen) atoms. The average Bonchev–Trinajstić information content (AvgIpc) is 3.15. The van der Waals surface area contributed by atoms with Crippen LogP contribution in [-0.4, -0.2) is 32.3 Å². The number of aryl methyl sites for hydroxylation is 3. The molecule has 3 heterocycles. The van der Waals surface area contributed by atoms with E-state index in [9.17, 15) is 4.79 Å². The lowest BCUT2D eigenvalue weighted by Gasteiger charge is -2.22. The van der Waals surface area contributed by atoms with Crippen molar-refractivity contribution in [3.8, 4) is 0 Å². The molecule has 0 aliphatic carbocycles. The third-order valence-electron chi connectivity index (χ3n) is 4.53. The number of carbonyl (C=O) groups is 1. The number of carbonyl (C=O) groups excluding carboxylic acids is 1. The van der Waals surface area contributed by atoms with Crippen LogP contribution in [0.4, 0.5) is 0 Å². The highest BCUT2D eigenvalue weighted by Crippen LogP contribution is 2.33. The predicted molar refractivity (Wildman–Crippen MR) is 81.3 cm³/mol. The van der Waals surface area contributed by atoms with E-state index in [1.165, 1.54) is 0 Å². The van der Waals surface area contributed by atoms with Crippen molar-refractivity contribution in [1.82, 2.24) is 19.8 Å². The Morgan fingerprint density at radius 2 is 2.18 bits per heavy atom. The van der Waals surface area contributed by atoms with Crippen LogP contribution in [0.1, 0.15) is 47.3 Å². The van der Waals surface area contributed by atoms with Crippen molar-refractivity contribution in [2.45, 2.75) is 46.1 Å². The van der Waals surface area contributed by atoms with E-state index in [2.05, 4.69) is 10.3 Å². The van der Waals surface area contributed by atoms with Gasteiger partial charge in [-0.25, -0.2) is 0 Å². The first kappa shape index (κ1) is 14.8. The van der Waals surface area contributed by atoms with Gasteiger partial charge in [-0.3, -0.25) is 9.48 Å². The maximum absolute atomic E-state index is 12.7. The third-order valence-corrected chi connectivity index (χ3v) is 4.53. The molecule has 0 aromatic carbocycles. The van der Waals surface area contributed by atoms with Crippen molar-refractivity contribution in [1.29, 1.82) is 0 Å². The van der Waals surface area contributed by atoms with Gasteiger partial charge in [0, 0.05) is 30.9 Å². The molecule has 1 amide bonds. The van der Waals surface area contributed by atoms with Gasteiger partial charge in [0.1, 0.15) is 0 Å². The summed E-state index contributed by atoms with van der Waals surface area (Å²) in [6.45, 7) is 6.64. The summed E-state index contributed by atoms with van der Waals surface area (Å²) >= 11 is 0. The molecule has 6 nitrogen and oxygen atoms in total. The Balaban J connectivity index is 1.79. The van der Waals surface area contributed by atoms with Gasteiger partial charge in [0.15, 0.2) is 5.76 Å². The number of hydrogen-bond donors (Lipinski definition) is 0. The molecule has 0 N–H and O–H groups in total. The van der Waals surface area contributed by atoms with E-state index >= 15 is 0 Å². The summed E-state index contributed by atoms with van der Waals surface area (Å²) in [5.74, 6) is 0.929. The van der Waals surface area contributed by atoms with Gasteiger partial charge in [-0.05, 0) is 33.6 Å². The molecule has 1 aliphatic heterocycles. The molecule has 6 heteroatoms. The minimum absolute atomic E-state index is 0.0194. The second-order valence-corrected chi connectivity index (χ2v) is 6.07. The van der Waals surface area contributed by atoms with Crippen LogP contribution in [0.5, 0.6) is 0 Å². The van der Waals surface area contributed by atoms with Gasteiger partial charge >= 0.3 is 0 Å². The summed E-state index contributed by atoms with van der Waals surface area (Å²) in [7, 11) is 1.91. The molecule has 2 aromatic heterocycles. The van der Waals surface area contributed by atoms with Crippen molar-refractivity contribution in [3.05, 3.63) is 34.5 Å². The number of amides is 1. The lowest BCUT2D eigenvalue weighted by atomic mass is 10.1. The molecule has 0 bridgehead atoms. The molecule has 1 fully saturated rings. The second kappa shape index (κ2) is 5.59. The maximum atomic E-state index is 12.7. The first-order chi connectivity index (χ1) is 10.5. The smallest absolute Gasteiger partial charge is 0.227 e. The quantitative estimate of drug-likeness (QED) is 0.872. The SMILES string of the molecule is Cc1cc([C@@H]2CCCN2C(=O)Cc2c(C)nn(C)c2C)on1. The fourth-order valence-electron chi connectivity index (χ4n) is 3.23. The monoisotopic (exact) mass is 302 g/mol. The van der Waals surface area contributed by atoms with E-state index < -0.39 is 0 Å². The lowest BCUT2D eigenvalue weighted by Crippen LogP contribution is -2.32. The molecule has 3 rings (SSSR count). The van der Waals surface area contributed by atoms with Gasteiger partial charge < -0.3 is 9.42 Å². The highest BCUT2D eigenvalue weighted by atomic mass is 16.5. The molecule has 1 saturated heterocycles. The Hall–Kier alpha value is -2.11. The first-order valence-corrected chi connectivity index (χ1v) is 7.69. The molecule has 0 radical (unpaired) electrons. The van der Waals surface area contributed by atoms with Crippen molar-refractivity contribution in [2.24, 2.45) is 7.05 Å². The second-order valence-electron chi connectivity index (χ2n) is 6.07. The summed E-state index contributed by atoms with van der Waals surface area (Å²) in [6, 6.07) is 1.95. The summed E-state index contributed by atoms with van der Waals surface area (Å²) in [6.07, 6.45) is 2.33. The zero-order chi connectivity index (χ0) is 15.9. The topological polar surface area (TPSA) is 64.2 Å². The minimum atomic E-state index is 0.0194. The Morgan fingerprint density at radius 3 is 2.77 bits per heavy atom. The number of aromatic nitrogens is 3. The fourth-order valence-corrected chi connectivity index (χ4v) is 3.23. The van der Waals surface area contributed by atoms with Gasteiger partial charge in [0.2, 0.25) is 5.91 Å². The molecule has 2 aromatic rings. The Morgan fingerprint density at radius 1 is 1.41 bits per heavy atom. The number of nitrogens with zero attached hydrogens (tertiary/aromatic N) is 4. The average molecular weight is 302 g/mol. The summed E-state index contributed by atoms with van der Waals surface area (Å²) in [5.41, 5.74) is 3.87. The molecule has 0 unspecified atom stereocenters. The zero-order valence-electron chi connectivity index (χ0n) is 13.6. The molecule has 1 aliphatic rings. The number of hydrogen-bond acceptors (Lipinski definition) is 4. The highest BCUT2D eigenvalue weighted by Gasteiger charge is 2.33. The summed E-state index contributed by atoms with van der Waals surface area (Å²) in [5, 5.41) is 8.33. The van der Waals surface area contributed by atoms with Crippen molar-refractivity contribution in [3.63, 3.8) is 0 Å². The van der Waals surface area contributed by atoms with Crippen LogP contribution < -0.4 is 0 Å². The molecule has 0 saturated carbocycles. The Labute approximate surface area is 130 Å². The zero-order valence-corrected chi connectivity index (χ0v) is 13.6. The van der Waals surface area contributed by atoms with Gasteiger partial charge in [-0.15, -0.1) is 0 Å². The van der Waals surface area contributed by atoms with Crippen LogP contribution in [0.25, 0.3) is 0 Å². The lowest BCUT2D eigenvalue weighted by molar-refractivity contribution is -0.131. The molecular weight excluding hydrogens is 280 g/mol. The van der Waals surface area contributed by atoms with Crippen molar-refractivity contribution < 1.29 is 9.32 Å². The van der Waals surface area contributed by atoms with Crippen LogP contribution in [0.15, 0.2) is 10.6 Å². The van der Waals surface area contributed by atoms with Gasteiger partial charge in [-0.1, -0.05) is 5.16 Å².